The normalized spacial score (nSPS) is 11.4. The fourth-order valence-corrected chi connectivity index (χ4v) is 8.25. The minimum atomic E-state index is 0.632. The van der Waals surface area contributed by atoms with Gasteiger partial charge in [-0.25, -0.2) is 0 Å². The van der Waals surface area contributed by atoms with Crippen molar-refractivity contribution in [2.45, 2.75) is 0 Å². The molecule has 0 saturated carbocycles. The van der Waals surface area contributed by atoms with Crippen LogP contribution in [0, 0.1) is 34.0 Å². The van der Waals surface area contributed by atoms with Crippen molar-refractivity contribution >= 4 is 43.1 Å². The number of hydrogen-bond donors (Lipinski definition) is 0. The molecule has 3 heteroatoms. The Labute approximate surface area is 300 Å². The summed E-state index contributed by atoms with van der Waals surface area (Å²) in [5, 5.41) is 37.8. The van der Waals surface area contributed by atoms with Crippen LogP contribution in [0.15, 0.2) is 152 Å². The average Bonchev–Trinajstić information content (AvgIpc) is 3.53. The van der Waals surface area contributed by atoms with Gasteiger partial charge in [-0.15, -0.1) is 0 Å². The molecule has 0 heterocycles. The zero-order valence-corrected chi connectivity index (χ0v) is 27.8. The molecule has 0 aliphatic heterocycles. The van der Waals surface area contributed by atoms with E-state index in [2.05, 4.69) is 109 Å². The van der Waals surface area contributed by atoms with E-state index in [0.717, 1.165) is 65.7 Å². The van der Waals surface area contributed by atoms with E-state index in [1.54, 1.807) is 0 Å². The van der Waals surface area contributed by atoms with Crippen LogP contribution in [-0.4, -0.2) is 0 Å². The third kappa shape index (κ3) is 4.30. The first-order valence-corrected chi connectivity index (χ1v) is 17.2. The molecule has 0 fully saturated rings. The average molecular weight is 656 g/mol. The molecule has 0 radical (unpaired) electrons. The number of fused-ring (bicyclic) bond motifs is 8. The van der Waals surface area contributed by atoms with Gasteiger partial charge in [0.2, 0.25) is 0 Å². The summed E-state index contributed by atoms with van der Waals surface area (Å²) in [6.07, 6.45) is 0. The van der Waals surface area contributed by atoms with Crippen molar-refractivity contribution in [3.8, 4) is 73.8 Å². The summed E-state index contributed by atoms with van der Waals surface area (Å²) in [7, 11) is 0. The summed E-state index contributed by atoms with van der Waals surface area (Å²) in [5.74, 6) is 0. The molecule has 0 unspecified atom stereocenters. The summed E-state index contributed by atoms with van der Waals surface area (Å²) >= 11 is 0. The molecule has 9 aromatic rings. The monoisotopic (exact) mass is 655 g/mol. The van der Waals surface area contributed by atoms with Crippen molar-refractivity contribution in [1.82, 2.24) is 0 Å². The third-order valence-corrected chi connectivity index (χ3v) is 10.7. The molecule has 0 N–H and O–H groups in total. The van der Waals surface area contributed by atoms with E-state index in [9.17, 15) is 15.8 Å². The quantitative estimate of drug-likeness (QED) is 0.178. The van der Waals surface area contributed by atoms with Crippen molar-refractivity contribution in [1.29, 1.82) is 15.8 Å². The molecule has 0 bridgehead atoms. The molecule has 9 aromatic carbocycles. The lowest BCUT2D eigenvalue weighted by molar-refractivity contribution is 1.48. The lowest BCUT2D eigenvalue weighted by Gasteiger charge is -2.17. The Morgan fingerprint density at radius 3 is 1.25 bits per heavy atom. The predicted octanol–water partition coefficient (Wildman–Crippen LogP) is 12.6. The molecule has 1 aliphatic rings. The van der Waals surface area contributed by atoms with Gasteiger partial charge in [0.05, 0.1) is 34.9 Å². The molecule has 0 atom stereocenters. The number of hydrogen-bond acceptors (Lipinski definition) is 3. The van der Waals surface area contributed by atoms with Gasteiger partial charge in [0, 0.05) is 0 Å². The molecule has 52 heavy (non-hydrogen) atoms. The standard InChI is InChI=1S/C49H25N3/c50-26-29-8-14-32(15-9-29)35-20-21-40-45-24-46-42(34-18-12-31(28-52)13-19-34)23-43-37-5-2-1-4-36(37)41(33-16-10-30(27-51)11-17-33)22-47(43)48(46)25-44(45)39-7-3-6-38(35)49(39)40/h1-25H. The Kier molecular flexibility index (Phi) is 6.37. The third-order valence-electron chi connectivity index (χ3n) is 10.7. The van der Waals surface area contributed by atoms with Crippen LogP contribution < -0.4 is 0 Å². The minimum absolute atomic E-state index is 0.632. The first kappa shape index (κ1) is 29.4. The van der Waals surface area contributed by atoms with Gasteiger partial charge in [0.1, 0.15) is 0 Å². The minimum Gasteiger partial charge on any atom is -0.192 e. The van der Waals surface area contributed by atoms with E-state index in [-0.39, 0.29) is 0 Å². The first-order valence-electron chi connectivity index (χ1n) is 17.2. The van der Waals surface area contributed by atoms with Crippen molar-refractivity contribution in [3.63, 3.8) is 0 Å². The smallest absolute Gasteiger partial charge is 0.0991 e. The maximum atomic E-state index is 9.58. The van der Waals surface area contributed by atoms with Crippen LogP contribution in [0.5, 0.6) is 0 Å². The number of nitriles is 3. The molecule has 3 nitrogen and oxygen atoms in total. The van der Waals surface area contributed by atoms with E-state index in [1.807, 2.05) is 60.7 Å². The lowest BCUT2D eigenvalue weighted by Crippen LogP contribution is -1.91. The summed E-state index contributed by atoms with van der Waals surface area (Å²) in [6, 6.07) is 59.3. The largest absolute Gasteiger partial charge is 0.192 e. The Balaban J connectivity index is 1.30. The number of benzene rings is 9. The van der Waals surface area contributed by atoms with Gasteiger partial charge in [-0.3, -0.25) is 0 Å². The zero-order valence-electron chi connectivity index (χ0n) is 27.8. The predicted molar refractivity (Wildman–Crippen MR) is 211 cm³/mol. The number of rotatable bonds is 3. The lowest BCUT2D eigenvalue weighted by atomic mass is 9.86. The molecule has 0 aromatic heterocycles. The Bertz CT molecular complexity index is 3110. The Morgan fingerprint density at radius 1 is 0.269 bits per heavy atom. The SMILES string of the molecule is N#Cc1ccc(-c2ccc3c4c(cccc24)-c2cc4c(cc2-3)c(-c2ccc(C#N)cc2)cc2c3ccccc3c(-c3ccc(C#N)cc3)cc42)cc1. The summed E-state index contributed by atoms with van der Waals surface area (Å²) in [4.78, 5) is 0. The van der Waals surface area contributed by atoms with Crippen LogP contribution in [0.4, 0.5) is 0 Å². The fourth-order valence-electron chi connectivity index (χ4n) is 8.25. The van der Waals surface area contributed by atoms with Gasteiger partial charge in [-0.05, 0) is 159 Å². The van der Waals surface area contributed by atoms with Crippen molar-refractivity contribution in [3.05, 3.63) is 168 Å². The van der Waals surface area contributed by atoms with Gasteiger partial charge >= 0.3 is 0 Å². The molecule has 1 aliphatic carbocycles. The second-order valence-corrected chi connectivity index (χ2v) is 13.4. The van der Waals surface area contributed by atoms with Crippen LogP contribution in [0.3, 0.4) is 0 Å². The molecule has 0 spiro atoms. The van der Waals surface area contributed by atoms with Crippen LogP contribution >= 0.6 is 0 Å². The summed E-state index contributed by atoms with van der Waals surface area (Å²) in [5.41, 5.74) is 13.3. The highest BCUT2D eigenvalue weighted by Gasteiger charge is 2.25. The molecule has 236 valence electrons. The van der Waals surface area contributed by atoms with Gasteiger partial charge in [-0.1, -0.05) is 91.0 Å². The van der Waals surface area contributed by atoms with E-state index >= 15 is 0 Å². The molecular formula is C49H25N3. The van der Waals surface area contributed by atoms with Crippen molar-refractivity contribution in [2.24, 2.45) is 0 Å². The fraction of sp³-hybridized carbons (Fsp3) is 0. The first-order chi connectivity index (χ1) is 25.6. The molecule has 10 rings (SSSR count). The van der Waals surface area contributed by atoms with Crippen LogP contribution in [0.1, 0.15) is 16.7 Å². The van der Waals surface area contributed by atoms with E-state index in [1.165, 1.54) is 33.0 Å². The topological polar surface area (TPSA) is 71.4 Å². The van der Waals surface area contributed by atoms with Crippen molar-refractivity contribution in [2.75, 3.05) is 0 Å². The zero-order chi connectivity index (χ0) is 34.9. The molecule has 0 amide bonds. The van der Waals surface area contributed by atoms with Gasteiger partial charge in [0.15, 0.2) is 0 Å². The Morgan fingerprint density at radius 2 is 0.673 bits per heavy atom. The van der Waals surface area contributed by atoms with Crippen LogP contribution in [0.25, 0.3) is 98.7 Å². The van der Waals surface area contributed by atoms with Gasteiger partial charge < -0.3 is 0 Å². The van der Waals surface area contributed by atoms with E-state index in [4.69, 9.17) is 0 Å². The molecular weight excluding hydrogens is 631 g/mol. The van der Waals surface area contributed by atoms with Gasteiger partial charge in [0.25, 0.3) is 0 Å². The highest BCUT2D eigenvalue weighted by Crippen LogP contribution is 2.52. The van der Waals surface area contributed by atoms with Crippen LogP contribution in [-0.2, 0) is 0 Å². The van der Waals surface area contributed by atoms with Crippen LogP contribution in [0.2, 0.25) is 0 Å². The highest BCUT2D eigenvalue weighted by molar-refractivity contribution is 6.27. The number of nitrogens with zero attached hydrogens (tertiary/aromatic N) is 3. The van der Waals surface area contributed by atoms with E-state index < -0.39 is 0 Å². The van der Waals surface area contributed by atoms with E-state index in [0.29, 0.717) is 16.7 Å². The summed E-state index contributed by atoms with van der Waals surface area (Å²) < 4.78 is 0. The maximum absolute atomic E-state index is 9.58. The summed E-state index contributed by atoms with van der Waals surface area (Å²) in [6.45, 7) is 0. The molecule has 0 saturated heterocycles. The van der Waals surface area contributed by atoms with Gasteiger partial charge in [-0.2, -0.15) is 15.8 Å². The maximum Gasteiger partial charge on any atom is 0.0991 e. The second-order valence-electron chi connectivity index (χ2n) is 13.4. The Hall–Kier alpha value is -7.51. The second kappa shape index (κ2) is 11.3. The van der Waals surface area contributed by atoms with Crippen molar-refractivity contribution < 1.29 is 0 Å². The highest BCUT2D eigenvalue weighted by atomic mass is 14.3.